The third-order valence-corrected chi connectivity index (χ3v) is 2.71. The summed E-state index contributed by atoms with van der Waals surface area (Å²) in [7, 11) is -1.45. The summed E-state index contributed by atoms with van der Waals surface area (Å²) >= 11 is 0. The van der Waals surface area contributed by atoms with Crippen LogP contribution in [0.5, 0.6) is 0 Å². The zero-order valence-electron chi connectivity index (χ0n) is 9.18. The molecular formula is C8H19O6P. The lowest BCUT2D eigenvalue weighted by atomic mass is 10.7. The molecule has 0 aromatic carbocycles. The molecule has 0 aromatic rings. The first-order valence-corrected chi connectivity index (χ1v) is 6.65. The van der Waals surface area contributed by atoms with Gasteiger partial charge in [0.2, 0.25) is 0 Å². The molecule has 0 amide bonds. The Hall–Kier alpha value is 0.0300. The Balaban J connectivity index is 3.36. The standard InChI is InChI=1S/C8H19O6P/c1-11-5-6-12-7-8-14-15(2,10)13-4-3-9/h9H,3-8H2,1-2H3. The van der Waals surface area contributed by atoms with Crippen molar-refractivity contribution in [1.82, 2.24) is 0 Å². The second kappa shape index (κ2) is 9.27. The number of hydrogen-bond donors (Lipinski definition) is 1. The van der Waals surface area contributed by atoms with Gasteiger partial charge in [-0.15, -0.1) is 0 Å². The van der Waals surface area contributed by atoms with Gasteiger partial charge in [-0.3, -0.25) is 4.57 Å². The number of ether oxygens (including phenoxy) is 2. The molecule has 15 heavy (non-hydrogen) atoms. The van der Waals surface area contributed by atoms with Crippen molar-refractivity contribution in [2.75, 3.05) is 53.4 Å². The zero-order chi connectivity index (χ0) is 11.6. The zero-order valence-corrected chi connectivity index (χ0v) is 10.1. The summed E-state index contributed by atoms with van der Waals surface area (Å²) in [5, 5.41) is 8.46. The van der Waals surface area contributed by atoms with Crippen LogP contribution in [0.3, 0.4) is 0 Å². The number of hydrogen-bond acceptors (Lipinski definition) is 6. The van der Waals surface area contributed by atoms with E-state index < -0.39 is 7.60 Å². The van der Waals surface area contributed by atoms with Gasteiger partial charge in [0, 0.05) is 13.8 Å². The Morgan fingerprint density at radius 1 is 1.07 bits per heavy atom. The highest BCUT2D eigenvalue weighted by atomic mass is 31.2. The highest BCUT2D eigenvalue weighted by Gasteiger charge is 2.15. The number of aliphatic hydroxyl groups excluding tert-OH is 1. The van der Waals surface area contributed by atoms with Crippen molar-refractivity contribution in [1.29, 1.82) is 0 Å². The van der Waals surface area contributed by atoms with E-state index in [-0.39, 0.29) is 19.8 Å². The second-order valence-electron chi connectivity index (χ2n) is 2.77. The van der Waals surface area contributed by atoms with E-state index in [0.717, 1.165) is 0 Å². The van der Waals surface area contributed by atoms with Crippen LogP contribution in [-0.2, 0) is 23.1 Å². The molecule has 1 unspecified atom stereocenters. The lowest BCUT2D eigenvalue weighted by Crippen LogP contribution is -2.08. The van der Waals surface area contributed by atoms with Crippen LogP contribution in [0.15, 0.2) is 0 Å². The van der Waals surface area contributed by atoms with Crippen molar-refractivity contribution < 1.29 is 28.2 Å². The predicted molar refractivity (Wildman–Crippen MR) is 55.2 cm³/mol. The maximum Gasteiger partial charge on any atom is 0.327 e. The summed E-state index contributed by atoms with van der Waals surface area (Å²) in [6, 6.07) is 0. The maximum absolute atomic E-state index is 11.4. The topological polar surface area (TPSA) is 74.2 Å². The second-order valence-corrected chi connectivity index (χ2v) is 4.83. The van der Waals surface area contributed by atoms with E-state index in [4.69, 9.17) is 23.6 Å². The molecule has 6 nitrogen and oxygen atoms in total. The van der Waals surface area contributed by atoms with Gasteiger partial charge in [0.1, 0.15) is 0 Å². The summed E-state index contributed by atoms with van der Waals surface area (Å²) in [4.78, 5) is 0. The monoisotopic (exact) mass is 242 g/mol. The van der Waals surface area contributed by atoms with E-state index in [0.29, 0.717) is 19.8 Å². The molecule has 0 heterocycles. The van der Waals surface area contributed by atoms with Gasteiger partial charge in [-0.25, -0.2) is 0 Å². The van der Waals surface area contributed by atoms with E-state index in [9.17, 15) is 4.57 Å². The molecule has 0 fully saturated rings. The first kappa shape index (κ1) is 15.0. The molecule has 0 aliphatic rings. The SMILES string of the molecule is COCCOCCOP(C)(=O)OCCO. The Labute approximate surface area is 90.0 Å². The van der Waals surface area contributed by atoms with Gasteiger partial charge < -0.3 is 23.6 Å². The van der Waals surface area contributed by atoms with E-state index in [1.165, 1.54) is 6.66 Å². The summed E-state index contributed by atoms with van der Waals surface area (Å²) < 4.78 is 31.1. The van der Waals surface area contributed by atoms with Crippen molar-refractivity contribution >= 4 is 7.60 Å². The summed E-state index contributed by atoms with van der Waals surface area (Å²) in [5.74, 6) is 0. The number of rotatable bonds is 10. The van der Waals surface area contributed by atoms with Crippen LogP contribution in [0.1, 0.15) is 0 Å². The van der Waals surface area contributed by atoms with Gasteiger partial charge in [-0.2, -0.15) is 0 Å². The third-order valence-electron chi connectivity index (χ3n) is 1.40. The van der Waals surface area contributed by atoms with Crippen molar-refractivity contribution in [3.63, 3.8) is 0 Å². The minimum absolute atomic E-state index is 0.0122. The summed E-state index contributed by atoms with van der Waals surface area (Å²) in [6.07, 6.45) is 0. The first-order chi connectivity index (χ1) is 7.12. The van der Waals surface area contributed by atoms with Crippen molar-refractivity contribution in [2.24, 2.45) is 0 Å². The number of methoxy groups -OCH3 is 1. The fraction of sp³-hybridized carbons (Fsp3) is 1.00. The molecule has 0 radical (unpaired) electrons. The van der Waals surface area contributed by atoms with Crippen LogP contribution in [-0.4, -0.2) is 58.5 Å². The normalized spacial score (nSPS) is 15.1. The van der Waals surface area contributed by atoms with Crippen LogP contribution in [0.25, 0.3) is 0 Å². The van der Waals surface area contributed by atoms with Gasteiger partial charge in [-0.05, 0) is 0 Å². The van der Waals surface area contributed by atoms with Crippen molar-refractivity contribution in [3.05, 3.63) is 0 Å². The molecule has 0 rings (SSSR count). The highest BCUT2D eigenvalue weighted by molar-refractivity contribution is 7.52. The van der Waals surface area contributed by atoms with E-state index in [2.05, 4.69) is 0 Å². The van der Waals surface area contributed by atoms with Crippen LogP contribution < -0.4 is 0 Å². The van der Waals surface area contributed by atoms with E-state index >= 15 is 0 Å². The maximum atomic E-state index is 11.4. The predicted octanol–water partition coefficient (Wildman–Crippen LogP) is 0.498. The molecule has 0 aliphatic heterocycles. The van der Waals surface area contributed by atoms with Crippen molar-refractivity contribution in [3.8, 4) is 0 Å². The molecule has 1 N–H and O–H groups in total. The lowest BCUT2D eigenvalue weighted by Gasteiger charge is -2.13. The van der Waals surface area contributed by atoms with Gasteiger partial charge in [0.05, 0.1) is 39.6 Å². The van der Waals surface area contributed by atoms with Crippen LogP contribution in [0, 0.1) is 0 Å². The Morgan fingerprint density at radius 3 is 2.27 bits per heavy atom. The summed E-state index contributed by atoms with van der Waals surface area (Å²) in [6.45, 7) is 2.73. The van der Waals surface area contributed by atoms with Gasteiger partial charge in [-0.1, -0.05) is 0 Å². The molecule has 0 bridgehead atoms. The first-order valence-electron chi connectivity index (χ1n) is 4.66. The van der Waals surface area contributed by atoms with Crippen molar-refractivity contribution in [2.45, 2.75) is 0 Å². The fourth-order valence-corrected chi connectivity index (χ4v) is 1.64. The molecule has 0 aliphatic carbocycles. The van der Waals surface area contributed by atoms with E-state index in [1.807, 2.05) is 0 Å². The average Bonchev–Trinajstić information content (AvgIpc) is 2.20. The quantitative estimate of drug-likeness (QED) is 0.444. The minimum Gasteiger partial charge on any atom is -0.394 e. The van der Waals surface area contributed by atoms with Crippen LogP contribution >= 0.6 is 7.60 Å². The van der Waals surface area contributed by atoms with Crippen LogP contribution in [0.2, 0.25) is 0 Å². The molecule has 0 aromatic heterocycles. The Kier molecular flexibility index (Phi) is 9.29. The molecule has 1 atom stereocenters. The third kappa shape index (κ3) is 10.3. The summed E-state index contributed by atoms with van der Waals surface area (Å²) in [5.41, 5.74) is 0. The smallest absolute Gasteiger partial charge is 0.327 e. The molecule has 0 saturated carbocycles. The highest BCUT2D eigenvalue weighted by Crippen LogP contribution is 2.43. The largest absolute Gasteiger partial charge is 0.394 e. The van der Waals surface area contributed by atoms with E-state index in [1.54, 1.807) is 7.11 Å². The Morgan fingerprint density at radius 2 is 1.67 bits per heavy atom. The molecule has 7 heteroatoms. The average molecular weight is 242 g/mol. The molecule has 0 spiro atoms. The van der Waals surface area contributed by atoms with Gasteiger partial charge >= 0.3 is 7.60 Å². The fourth-order valence-electron chi connectivity index (χ4n) is 0.750. The Bertz CT molecular complexity index is 186. The minimum atomic E-state index is -3.04. The number of aliphatic hydroxyl groups is 1. The molecule has 92 valence electrons. The molecule has 0 saturated heterocycles. The lowest BCUT2D eigenvalue weighted by molar-refractivity contribution is 0.0502. The van der Waals surface area contributed by atoms with Crippen LogP contribution in [0.4, 0.5) is 0 Å². The van der Waals surface area contributed by atoms with Gasteiger partial charge in [0.25, 0.3) is 0 Å². The molecular weight excluding hydrogens is 223 g/mol. The van der Waals surface area contributed by atoms with Gasteiger partial charge in [0.15, 0.2) is 0 Å².